The lowest BCUT2D eigenvalue weighted by Gasteiger charge is -2.05. The van der Waals surface area contributed by atoms with Crippen LogP contribution in [0.3, 0.4) is 0 Å². The molecular formula is C12H11BrFNO2S. The molecule has 0 atom stereocenters. The highest BCUT2D eigenvalue weighted by Crippen LogP contribution is 2.36. The van der Waals surface area contributed by atoms with Crippen molar-refractivity contribution in [2.75, 3.05) is 13.7 Å². The summed E-state index contributed by atoms with van der Waals surface area (Å²) in [5, 5.41) is 9.61. The minimum absolute atomic E-state index is 0.0561. The van der Waals surface area contributed by atoms with Crippen molar-refractivity contribution >= 4 is 27.3 Å². The van der Waals surface area contributed by atoms with E-state index in [1.54, 1.807) is 6.07 Å². The first-order valence-corrected chi connectivity index (χ1v) is 6.86. The Bertz CT molecular complexity index is 559. The van der Waals surface area contributed by atoms with E-state index < -0.39 is 0 Å². The van der Waals surface area contributed by atoms with Gasteiger partial charge in [-0.1, -0.05) is 0 Å². The summed E-state index contributed by atoms with van der Waals surface area (Å²) in [4.78, 5) is 5.26. The third kappa shape index (κ3) is 2.71. The molecular weight excluding hydrogens is 321 g/mol. The lowest BCUT2D eigenvalue weighted by atomic mass is 10.2. The molecule has 2 rings (SSSR count). The van der Waals surface area contributed by atoms with Crippen molar-refractivity contribution in [1.29, 1.82) is 0 Å². The van der Waals surface area contributed by atoms with E-state index in [0.717, 1.165) is 4.88 Å². The normalized spacial score (nSPS) is 10.7. The molecule has 18 heavy (non-hydrogen) atoms. The topological polar surface area (TPSA) is 42.4 Å². The van der Waals surface area contributed by atoms with E-state index in [1.165, 1.54) is 30.6 Å². The second-order valence-electron chi connectivity index (χ2n) is 3.55. The van der Waals surface area contributed by atoms with Crippen LogP contribution in [-0.2, 0) is 6.42 Å². The maximum atomic E-state index is 13.3. The van der Waals surface area contributed by atoms with Gasteiger partial charge in [0.25, 0.3) is 0 Å². The molecule has 1 aromatic carbocycles. The molecule has 1 aromatic heterocycles. The van der Waals surface area contributed by atoms with Crippen LogP contribution in [0.15, 0.2) is 22.8 Å². The first-order chi connectivity index (χ1) is 8.65. The molecule has 0 fully saturated rings. The number of halogens is 2. The molecule has 0 saturated carbocycles. The van der Waals surface area contributed by atoms with Gasteiger partial charge in [-0.15, -0.1) is 11.3 Å². The fourth-order valence-corrected chi connectivity index (χ4v) is 3.25. The average Bonchev–Trinajstić information content (AvgIpc) is 2.71. The molecule has 0 bridgehead atoms. The Kier molecular flexibility index (Phi) is 4.31. The Morgan fingerprint density at radius 1 is 1.50 bits per heavy atom. The number of benzene rings is 1. The van der Waals surface area contributed by atoms with E-state index >= 15 is 0 Å². The van der Waals surface area contributed by atoms with Gasteiger partial charge in [0, 0.05) is 17.9 Å². The number of ether oxygens (including phenoxy) is 1. The Morgan fingerprint density at radius 2 is 2.28 bits per heavy atom. The Labute approximate surface area is 116 Å². The first-order valence-electron chi connectivity index (χ1n) is 5.25. The highest BCUT2D eigenvalue weighted by Gasteiger charge is 2.14. The largest absolute Gasteiger partial charge is 0.496 e. The van der Waals surface area contributed by atoms with Crippen LogP contribution in [0.1, 0.15) is 4.88 Å². The maximum absolute atomic E-state index is 13.3. The van der Waals surface area contributed by atoms with Gasteiger partial charge in [0.2, 0.25) is 0 Å². The zero-order valence-corrected chi connectivity index (χ0v) is 12.0. The predicted molar refractivity (Wildman–Crippen MR) is 72.5 cm³/mol. The number of rotatable bonds is 4. The van der Waals surface area contributed by atoms with Crippen molar-refractivity contribution in [3.05, 3.63) is 33.5 Å². The minimum atomic E-state index is -0.333. The number of aliphatic hydroxyl groups excluding tert-OH is 1. The lowest BCUT2D eigenvalue weighted by Crippen LogP contribution is -1.88. The highest BCUT2D eigenvalue weighted by atomic mass is 79.9. The van der Waals surface area contributed by atoms with E-state index in [4.69, 9.17) is 9.84 Å². The molecule has 0 spiro atoms. The van der Waals surface area contributed by atoms with Crippen LogP contribution in [0.2, 0.25) is 0 Å². The van der Waals surface area contributed by atoms with Gasteiger partial charge in [0.15, 0.2) is 0 Å². The van der Waals surface area contributed by atoms with Crippen LogP contribution >= 0.6 is 27.3 Å². The van der Waals surface area contributed by atoms with Crippen molar-refractivity contribution in [2.24, 2.45) is 0 Å². The lowest BCUT2D eigenvalue weighted by molar-refractivity contribution is 0.300. The minimum Gasteiger partial charge on any atom is -0.496 e. The molecule has 3 nitrogen and oxygen atoms in total. The maximum Gasteiger partial charge on any atom is 0.129 e. The highest BCUT2D eigenvalue weighted by molar-refractivity contribution is 9.10. The molecule has 0 saturated heterocycles. The standard InChI is InChI=1S/C12H11BrFNO2S/c1-17-9-3-2-7(14)6-8(9)12-15-11(13)10(18-12)4-5-16/h2-3,6,16H,4-5H2,1H3. The molecule has 0 aliphatic heterocycles. The summed E-state index contributed by atoms with van der Waals surface area (Å²) in [6, 6.07) is 4.32. The van der Waals surface area contributed by atoms with E-state index in [2.05, 4.69) is 20.9 Å². The van der Waals surface area contributed by atoms with Gasteiger partial charge in [0.05, 0.1) is 12.7 Å². The van der Waals surface area contributed by atoms with Gasteiger partial charge in [-0.05, 0) is 34.1 Å². The molecule has 1 N–H and O–H groups in total. The van der Waals surface area contributed by atoms with Crippen LogP contribution in [0.4, 0.5) is 4.39 Å². The quantitative estimate of drug-likeness (QED) is 0.935. The van der Waals surface area contributed by atoms with Crippen molar-refractivity contribution in [3.8, 4) is 16.3 Å². The Morgan fingerprint density at radius 3 is 2.94 bits per heavy atom. The summed E-state index contributed by atoms with van der Waals surface area (Å²) in [7, 11) is 1.54. The number of methoxy groups -OCH3 is 1. The summed E-state index contributed by atoms with van der Waals surface area (Å²) in [6.07, 6.45) is 0.524. The van der Waals surface area contributed by atoms with Crippen LogP contribution in [0.25, 0.3) is 10.6 Å². The number of thiazole rings is 1. The van der Waals surface area contributed by atoms with Crippen LogP contribution in [-0.4, -0.2) is 23.8 Å². The summed E-state index contributed by atoms with van der Waals surface area (Å²) < 4.78 is 19.2. The van der Waals surface area contributed by atoms with E-state index in [-0.39, 0.29) is 12.4 Å². The molecule has 2 aromatic rings. The van der Waals surface area contributed by atoms with Crippen molar-refractivity contribution in [1.82, 2.24) is 4.98 Å². The molecule has 0 aliphatic rings. The van der Waals surface area contributed by atoms with Crippen LogP contribution < -0.4 is 4.74 Å². The monoisotopic (exact) mass is 331 g/mol. The number of aromatic nitrogens is 1. The van der Waals surface area contributed by atoms with Crippen molar-refractivity contribution in [2.45, 2.75) is 6.42 Å². The number of aliphatic hydroxyl groups is 1. The summed E-state index contributed by atoms with van der Waals surface area (Å²) in [6.45, 7) is 0.0561. The van der Waals surface area contributed by atoms with Crippen molar-refractivity contribution < 1.29 is 14.2 Å². The predicted octanol–water partition coefficient (Wildman–Crippen LogP) is 3.26. The smallest absolute Gasteiger partial charge is 0.129 e. The zero-order valence-electron chi connectivity index (χ0n) is 9.61. The summed E-state index contributed by atoms with van der Waals surface area (Å²) in [5.74, 6) is 0.244. The summed E-state index contributed by atoms with van der Waals surface area (Å²) >= 11 is 4.74. The molecule has 96 valence electrons. The SMILES string of the molecule is COc1ccc(F)cc1-c1nc(Br)c(CCO)s1. The van der Waals surface area contributed by atoms with Crippen LogP contribution in [0, 0.1) is 5.82 Å². The summed E-state index contributed by atoms with van der Waals surface area (Å²) in [5.41, 5.74) is 0.618. The van der Waals surface area contributed by atoms with Gasteiger partial charge in [-0.3, -0.25) is 0 Å². The van der Waals surface area contributed by atoms with Crippen molar-refractivity contribution in [3.63, 3.8) is 0 Å². The fraction of sp³-hybridized carbons (Fsp3) is 0.250. The molecule has 0 unspecified atom stereocenters. The van der Waals surface area contributed by atoms with Gasteiger partial charge >= 0.3 is 0 Å². The van der Waals surface area contributed by atoms with E-state index in [9.17, 15) is 4.39 Å². The average molecular weight is 332 g/mol. The third-order valence-corrected chi connectivity index (χ3v) is 4.45. The number of hydrogen-bond acceptors (Lipinski definition) is 4. The second kappa shape index (κ2) is 5.77. The van der Waals surface area contributed by atoms with E-state index in [1.807, 2.05) is 0 Å². The van der Waals surface area contributed by atoms with E-state index in [0.29, 0.717) is 27.3 Å². The Hall–Kier alpha value is -0.980. The zero-order chi connectivity index (χ0) is 13.1. The fourth-order valence-electron chi connectivity index (χ4n) is 1.55. The number of nitrogens with zero attached hydrogens (tertiary/aromatic N) is 1. The van der Waals surface area contributed by atoms with Gasteiger partial charge < -0.3 is 9.84 Å². The molecule has 0 radical (unpaired) electrons. The second-order valence-corrected chi connectivity index (χ2v) is 5.39. The Balaban J connectivity index is 2.47. The van der Waals surface area contributed by atoms with Crippen LogP contribution in [0.5, 0.6) is 5.75 Å². The first kappa shape index (κ1) is 13.5. The molecule has 6 heteroatoms. The third-order valence-electron chi connectivity index (χ3n) is 2.38. The molecule has 1 heterocycles. The molecule has 0 aliphatic carbocycles. The molecule has 0 amide bonds. The number of hydrogen-bond donors (Lipinski definition) is 1. The van der Waals surface area contributed by atoms with Gasteiger partial charge in [-0.2, -0.15) is 0 Å². The van der Waals surface area contributed by atoms with Gasteiger partial charge in [-0.25, -0.2) is 9.37 Å². The van der Waals surface area contributed by atoms with Gasteiger partial charge in [0.1, 0.15) is 21.2 Å².